The molecule has 346 valence electrons. The molecule has 0 radical (unpaired) electrons. The molecule has 1 aromatic heterocycles. The molecule has 1 nitrogen and oxygen atoms in total. The summed E-state index contributed by atoms with van der Waals surface area (Å²) in [6, 6.07) is 25.7. The molecule has 0 bridgehead atoms. The lowest BCUT2D eigenvalue weighted by Crippen LogP contribution is -2.81. The third-order valence-electron chi connectivity index (χ3n) is 10.6. The molecule has 0 aliphatic rings. The molecule has 0 aliphatic carbocycles. The van der Waals surface area contributed by atoms with Crippen LogP contribution < -0.4 is 26.4 Å². The Morgan fingerprint density at radius 3 is 1.03 bits per heavy atom. The van der Waals surface area contributed by atoms with Crippen LogP contribution in [0.3, 0.4) is 0 Å². The Bertz CT molecular complexity index is 2900. The van der Waals surface area contributed by atoms with E-state index in [2.05, 4.69) is 88.9 Å². The van der Waals surface area contributed by atoms with Crippen LogP contribution in [0.1, 0.15) is 5.56 Å². The van der Waals surface area contributed by atoms with Gasteiger partial charge in [-0.1, -0.05) is 78.1 Å². The monoisotopic (exact) mass is 981 g/mol. The van der Waals surface area contributed by atoms with Gasteiger partial charge in [-0.3, -0.25) is 0 Å². The largest absolute Gasteiger partial charge is 0.269 e. The van der Waals surface area contributed by atoms with E-state index in [0.717, 1.165) is 6.54 Å². The summed E-state index contributed by atoms with van der Waals surface area (Å²) in [5, 5.41) is 6.08. The van der Waals surface area contributed by atoms with Crippen LogP contribution in [0.5, 0.6) is 0 Å². The lowest BCUT2D eigenvalue weighted by molar-refractivity contribution is -0.673. The van der Waals surface area contributed by atoms with Crippen LogP contribution >= 0.6 is 11.3 Å². The highest BCUT2D eigenvalue weighted by Crippen LogP contribution is 2.32. The lowest BCUT2D eigenvalue weighted by Gasteiger charge is -2.44. The van der Waals surface area contributed by atoms with Crippen LogP contribution in [-0.2, 0) is 6.54 Å². The maximum atomic E-state index is 15.4. The molecule has 0 saturated carbocycles. The summed E-state index contributed by atoms with van der Waals surface area (Å²) in [4.78, 5) is 0. The van der Waals surface area contributed by atoms with Gasteiger partial charge in [0.05, 0.1) is 10.9 Å². The first-order valence-corrected chi connectivity index (χ1v) is 19.2. The number of aromatic nitrogens is 1. The highest BCUT2D eigenvalue weighted by molar-refractivity contribution is 7.20. The van der Waals surface area contributed by atoms with E-state index in [1.807, 2.05) is 0 Å². The second kappa shape index (κ2) is 18.1. The standard InChI is InChI=1S/C24BF20.C20H16NS/c26-5-1(6(27)14(35)21(42)13(5)34)25(2-7(28)15(36)22(43)16(37)8(2)29,3-9(30)17(38)23(44)18(39)10(3)31)4-11(32)19(40)24(45)20(41)12(4)33;1-2-7-16(8-3-1)15-21-13-14-22-20(21)19-12-6-10-17-9-4-5-11-18(17)19/h;1-14H,15H2/q-1;+1. The van der Waals surface area contributed by atoms with Crippen molar-refractivity contribution in [2.24, 2.45) is 0 Å². The first-order valence-electron chi connectivity index (χ1n) is 18.3. The van der Waals surface area contributed by atoms with Gasteiger partial charge in [0.1, 0.15) is 52.7 Å². The number of halogens is 20. The van der Waals surface area contributed by atoms with Crippen LogP contribution in [0.25, 0.3) is 21.3 Å². The quantitative estimate of drug-likeness (QED) is 0.0493. The predicted octanol–water partition coefficient (Wildman–Crippen LogP) is 10.8. The van der Waals surface area contributed by atoms with Crippen molar-refractivity contribution in [2.45, 2.75) is 6.54 Å². The van der Waals surface area contributed by atoms with E-state index < -0.39 is 144 Å². The lowest BCUT2D eigenvalue weighted by atomic mass is 9.12. The number of benzene rings is 7. The van der Waals surface area contributed by atoms with Crippen LogP contribution in [0, 0.1) is 116 Å². The number of rotatable bonds is 7. The average Bonchev–Trinajstić information content (AvgIpc) is 3.79. The minimum atomic E-state index is -7.22. The molecule has 0 amide bonds. The molecule has 1 heterocycles. The second-order valence-electron chi connectivity index (χ2n) is 14.1. The van der Waals surface area contributed by atoms with Gasteiger partial charge in [-0.15, -0.1) is 21.9 Å². The molecule has 7 aromatic carbocycles. The molecule has 8 rings (SSSR count). The fraction of sp³-hybridized carbons (Fsp3) is 0.0227. The molecule has 0 spiro atoms. The molecule has 8 aromatic rings. The SMILES string of the molecule is Fc1c(F)c(F)c([B-](c2c(F)c(F)c(F)c(F)c2F)(c2c(F)c(F)c(F)c(F)c2F)c2c(F)c(F)c(F)c(F)c2F)c(F)c1F.c1ccc(C[n+]2ccsc2-c2cccc3ccccc23)cc1. The zero-order valence-electron chi connectivity index (χ0n) is 32.3. The second-order valence-corrected chi connectivity index (χ2v) is 15.0. The number of hydrogen-bond donors (Lipinski definition) is 0. The maximum Gasteiger partial charge on any atom is 0.269 e. The molecule has 23 heteroatoms. The zero-order valence-corrected chi connectivity index (χ0v) is 33.1. The van der Waals surface area contributed by atoms with E-state index in [-0.39, 0.29) is 0 Å². The van der Waals surface area contributed by atoms with E-state index in [1.54, 1.807) is 11.3 Å². The van der Waals surface area contributed by atoms with E-state index in [0.29, 0.717) is 0 Å². The molecular formula is C44H16BF20NS. The number of thiazole rings is 1. The Hall–Kier alpha value is -6.91. The number of nitrogens with zero attached hydrogens (tertiary/aromatic N) is 1. The predicted molar refractivity (Wildman–Crippen MR) is 202 cm³/mol. The van der Waals surface area contributed by atoms with Gasteiger partial charge in [-0.05, 0) is 16.8 Å². The Kier molecular flexibility index (Phi) is 12.9. The molecule has 0 saturated heterocycles. The minimum absolute atomic E-state index is 0.906. The van der Waals surface area contributed by atoms with Gasteiger partial charge in [0.15, 0.2) is 82.5 Å². The first kappa shape index (κ1) is 48.0. The van der Waals surface area contributed by atoms with Gasteiger partial charge in [0.25, 0.3) is 5.01 Å². The number of fused-ring (bicyclic) bond motifs is 1. The minimum Gasteiger partial charge on any atom is -0.207 e. The van der Waals surface area contributed by atoms with Crippen LogP contribution in [0.4, 0.5) is 87.8 Å². The van der Waals surface area contributed by atoms with Gasteiger partial charge in [0.2, 0.25) is 0 Å². The van der Waals surface area contributed by atoms with Crippen molar-refractivity contribution in [3.63, 3.8) is 0 Å². The van der Waals surface area contributed by atoms with Crippen molar-refractivity contribution in [1.29, 1.82) is 0 Å². The molecule has 67 heavy (non-hydrogen) atoms. The third kappa shape index (κ3) is 7.52. The Labute approximate surface area is 365 Å². The van der Waals surface area contributed by atoms with Gasteiger partial charge in [-0.2, -0.15) is 4.57 Å². The molecule has 0 N–H and O–H groups in total. The fourth-order valence-corrected chi connectivity index (χ4v) is 8.62. The van der Waals surface area contributed by atoms with Crippen molar-refractivity contribution in [2.75, 3.05) is 0 Å². The molecular weight excluding hydrogens is 965 g/mol. The van der Waals surface area contributed by atoms with Gasteiger partial charge in [-0.25, -0.2) is 87.8 Å². The van der Waals surface area contributed by atoms with E-state index in [1.165, 1.54) is 26.9 Å². The van der Waals surface area contributed by atoms with Gasteiger partial charge >= 0.3 is 0 Å². The van der Waals surface area contributed by atoms with Crippen LogP contribution in [0.15, 0.2) is 84.4 Å². The Morgan fingerprint density at radius 1 is 0.343 bits per heavy atom. The highest BCUT2D eigenvalue weighted by Gasteiger charge is 2.52. The zero-order chi connectivity index (χ0) is 49.1. The summed E-state index contributed by atoms with van der Waals surface area (Å²) in [6.07, 6.45) is -5.04. The molecule has 0 fully saturated rings. The summed E-state index contributed by atoms with van der Waals surface area (Å²) in [5.41, 5.74) is -11.7. The summed E-state index contributed by atoms with van der Waals surface area (Å²) in [7, 11) is 0. The highest BCUT2D eigenvalue weighted by atomic mass is 32.1. The molecule has 0 atom stereocenters. The van der Waals surface area contributed by atoms with Crippen molar-refractivity contribution in [1.82, 2.24) is 0 Å². The van der Waals surface area contributed by atoms with Gasteiger partial charge < -0.3 is 0 Å². The van der Waals surface area contributed by atoms with Crippen LogP contribution in [0.2, 0.25) is 0 Å². The first-order chi connectivity index (χ1) is 31.6. The summed E-state index contributed by atoms with van der Waals surface area (Å²) >= 11 is 1.80. The normalized spacial score (nSPS) is 11.6. The van der Waals surface area contributed by atoms with E-state index in [4.69, 9.17) is 0 Å². The topological polar surface area (TPSA) is 3.88 Å². The van der Waals surface area contributed by atoms with E-state index in [9.17, 15) is 52.7 Å². The van der Waals surface area contributed by atoms with Crippen molar-refractivity contribution < 1.29 is 92.4 Å². The third-order valence-corrected chi connectivity index (χ3v) is 11.5. The molecule has 0 aliphatic heterocycles. The summed E-state index contributed by atoms with van der Waals surface area (Å²) in [5.74, 6) is -71.4. The van der Waals surface area contributed by atoms with Crippen molar-refractivity contribution >= 4 is 50.1 Å². The van der Waals surface area contributed by atoms with E-state index >= 15 is 35.1 Å². The summed E-state index contributed by atoms with van der Waals surface area (Å²) in [6.45, 7) is 0.906. The van der Waals surface area contributed by atoms with Crippen LogP contribution in [-0.4, -0.2) is 6.15 Å². The Morgan fingerprint density at radius 2 is 0.657 bits per heavy atom. The van der Waals surface area contributed by atoms with Crippen molar-refractivity contribution in [3.05, 3.63) is 206 Å². The maximum absolute atomic E-state index is 15.4. The fourth-order valence-electron chi connectivity index (χ4n) is 7.71. The Balaban J connectivity index is 0.000000250. The van der Waals surface area contributed by atoms with Crippen molar-refractivity contribution in [3.8, 4) is 10.6 Å². The average molecular weight is 981 g/mol. The smallest absolute Gasteiger partial charge is 0.207 e. The van der Waals surface area contributed by atoms with Gasteiger partial charge in [0, 0.05) is 5.56 Å². The summed E-state index contributed by atoms with van der Waals surface area (Å²) < 4.78 is 296. The molecule has 0 unspecified atom stereocenters. The number of hydrogen-bond acceptors (Lipinski definition) is 1.